The number of nitrogens with zero attached hydrogens (tertiary/aromatic N) is 1. The van der Waals surface area contributed by atoms with Crippen molar-refractivity contribution in [2.45, 2.75) is 4.90 Å². The SMILES string of the molecule is COc1ccc(NC(=O)c2ccc(S(=O)(=O)N(C)C)cc2)c2ccccc12. The molecule has 0 aromatic heterocycles. The van der Waals surface area contributed by atoms with Crippen molar-refractivity contribution in [2.24, 2.45) is 0 Å². The van der Waals surface area contributed by atoms with Crippen molar-refractivity contribution in [3.05, 3.63) is 66.2 Å². The highest BCUT2D eigenvalue weighted by molar-refractivity contribution is 7.89. The number of carbonyl (C=O) groups excluding carboxylic acids is 1. The second-order valence-electron chi connectivity index (χ2n) is 6.13. The Hall–Kier alpha value is -2.90. The summed E-state index contributed by atoms with van der Waals surface area (Å²) < 4.78 is 30.7. The summed E-state index contributed by atoms with van der Waals surface area (Å²) in [6.07, 6.45) is 0. The van der Waals surface area contributed by atoms with Crippen molar-refractivity contribution < 1.29 is 17.9 Å². The number of anilines is 1. The predicted molar refractivity (Wildman–Crippen MR) is 106 cm³/mol. The van der Waals surface area contributed by atoms with E-state index in [-0.39, 0.29) is 10.8 Å². The van der Waals surface area contributed by atoms with Gasteiger partial charge in [0.05, 0.1) is 12.0 Å². The van der Waals surface area contributed by atoms with Crippen molar-refractivity contribution in [3.8, 4) is 5.75 Å². The molecule has 0 radical (unpaired) electrons. The molecule has 0 aliphatic rings. The summed E-state index contributed by atoms with van der Waals surface area (Å²) in [5, 5.41) is 4.63. The standard InChI is InChI=1S/C20H20N2O4S/c1-22(2)27(24,25)15-10-8-14(9-11-15)20(23)21-18-12-13-19(26-3)17-7-5-4-6-16(17)18/h4-13H,1-3H3,(H,21,23). The number of nitrogens with one attached hydrogen (secondary N) is 1. The van der Waals surface area contributed by atoms with Gasteiger partial charge in [-0.05, 0) is 36.4 Å². The van der Waals surface area contributed by atoms with Gasteiger partial charge in [-0.15, -0.1) is 0 Å². The molecule has 0 fully saturated rings. The summed E-state index contributed by atoms with van der Waals surface area (Å²) in [7, 11) is 1.000. The number of rotatable bonds is 5. The maximum absolute atomic E-state index is 12.6. The van der Waals surface area contributed by atoms with E-state index in [0.29, 0.717) is 11.3 Å². The molecule has 0 atom stereocenters. The first-order valence-corrected chi connectivity index (χ1v) is 9.68. The highest BCUT2D eigenvalue weighted by atomic mass is 32.2. The van der Waals surface area contributed by atoms with Crippen LogP contribution in [0.3, 0.4) is 0 Å². The first-order valence-electron chi connectivity index (χ1n) is 8.24. The molecule has 27 heavy (non-hydrogen) atoms. The van der Waals surface area contributed by atoms with E-state index in [2.05, 4.69) is 5.32 Å². The molecule has 1 N–H and O–H groups in total. The van der Waals surface area contributed by atoms with Crippen molar-refractivity contribution in [1.29, 1.82) is 0 Å². The fourth-order valence-corrected chi connectivity index (χ4v) is 3.64. The van der Waals surface area contributed by atoms with Gasteiger partial charge < -0.3 is 10.1 Å². The molecule has 0 aliphatic carbocycles. The Balaban J connectivity index is 1.89. The number of fused-ring (bicyclic) bond motifs is 1. The number of sulfonamides is 1. The van der Waals surface area contributed by atoms with E-state index >= 15 is 0 Å². The van der Waals surface area contributed by atoms with Crippen molar-refractivity contribution >= 4 is 32.4 Å². The number of ether oxygens (including phenoxy) is 1. The van der Waals surface area contributed by atoms with Gasteiger partial charge in [-0.25, -0.2) is 12.7 Å². The van der Waals surface area contributed by atoms with Gasteiger partial charge in [0.2, 0.25) is 10.0 Å². The summed E-state index contributed by atoms with van der Waals surface area (Å²) in [5.41, 5.74) is 1.02. The summed E-state index contributed by atoms with van der Waals surface area (Å²) in [4.78, 5) is 12.7. The zero-order valence-electron chi connectivity index (χ0n) is 15.3. The minimum Gasteiger partial charge on any atom is -0.496 e. The lowest BCUT2D eigenvalue weighted by Gasteiger charge is -2.13. The summed E-state index contributed by atoms with van der Waals surface area (Å²) in [6.45, 7) is 0. The molecule has 1 amide bonds. The van der Waals surface area contributed by atoms with Crippen LogP contribution in [0.1, 0.15) is 10.4 Å². The van der Waals surface area contributed by atoms with Crippen LogP contribution in [0.2, 0.25) is 0 Å². The van der Waals surface area contributed by atoms with Crippen LogP contribution in [0, 0.1) is 0 Å². The molecule has 7 heteroatoms. The van der Waals surface area contributed by atoms with Crippen LogP contribution in [-0.2, 0) is 10.0 Å². The molecule has 0 unspecified atom stereocenters. The molecule has 3 aromatic carbocycles. The molecule has 3 rings (SSSR count). The van der Waals surface area contributed by atoms with E-state index in [1.165, 1.54) is 38.4 Å². The number of methoxy groups -OCH3 is 1. The van der Waals surface area contributed by atoms with Gasteiger partial charge in [-0.1, -0.05) is 24.3 Å². The highest BCUT2D eigenvalue weighted by Gasteiger charge is 2.18. The van der Waals surface area contributed by atoms with Gasteiger partial charge in [-0.2, -0.15) is 0 Å². The molecule has 0 saturated carbocycles. The lowest BCUT2D eigenvalue weighted by Crippen LogP contribution is -2.22. The van der Waals surface area contributed by atoms with Crippen molar-refractivity contribution in [3.63, 3.8) is 0 Å². The lowest BCUT2D eigenvalue weighted by molar-refractivity contribution is 0.102. The van der Waals surface area contributed by atoms with Gasteiger partial charge in [0, 0.05) is 36.1 Å². The van der Waals surface area contributed by atoms with Crippen LogP contribution in [0.5, 0.6) is 5.75 Å². The van der Waals surface area contributed by atoms with E-state index in [0.717, 1.165) is 20.8 Å². The second-order valence-corrected chi connectivity index (χ2v) is 8.28. The zero-order valence-corrected chi connectivity index (χ0v) is 16.1. The van der Waals surface area contributed by atoms with Crippen LogP contribution in [0.15, 0.2) is 65.6 Å². The lowest BCUT2D eigenvalue weighted by atomic mass is 10.1. The van der Waals surface area contributed by atoms with Crippen LogP contribution in [-0.4, -0.2) is 39.8 Å². The fraction of sp³-hybridized carbons (Fsp3) is 0.150. The Bertz CT molecular complexity index is 1090. The maximum atomic E-state index is 12.6. The Morgan fingerprint density at radius 3 is 2.15 bits per heavy atom. The molecule has 140 valence electrons. The molecule has 0 saturated heterocycles. The summed E-state index contributed by atoms with van der Waals surface area (Å²) in [5.74, 6) is 0.404. The van der Waals surface area contributed by atoms with Crippen LogP contribution in [0.4, 0.5) is 5.69 Å². The molecule has 0 heterocycles. The molecule has 6 nitrogen and oxygen atoms in total. The van der Waals surface area contributed by atoms with Crippen LogP contribution >= 0.6 is 0 Å². The van der Waals surface area contributed by atoms with Gasteiger partial charge in [-0.3, -0.25) is 4.79 Å². The summed E-state index contributed by atoms with van der Waals surface area (Å²) >= 11 is 0. The normalized spacial score (nSPS) is 11.6. The fourth-order valence-electron chi connectivity index (χ4n) is 2.74. The molecule has 0 aliphatic heterocycles. The van der Waals surface area contributed by atoms with Crippen LogP contribution in [0.25, 0.3) is 10.8 Å². The van der Waals surface area contributed by atoms with Crippen molar-refractivity contribution in [1.82, 2.24) is 4.31 Å². The molecular weight excluding hydrogens is 364 g/mol. The van der Waals surface area contributed by atoms with Crippen LogP contribution < -0.4 is 10.1 Å². The quantitative estimate of drug-likeness (QED) is 0.732. The highest BCUT2D eigenvalue weighted by Crippen LogP contribution is 2.31. The Morgan fingerprint density at radius 1 is 0.926 bits per heavy atom. The molecule has 3 aromatic rings. The Morgan fingerprint density at radius 2 is 1.56 bits per heavy atom. The second kappa shape index (κ2) is 7.38. The third-order valence-electron chi connectivity index (χ3n) is 4.25. The number of benzene rings is 3. The van der Waals surface area contributed by atoms with E-state index < -0.39 is 10.0 Å². The van der Waals surface area contributed by atoms with E-state index in [9.17, 15) is 13.2 Å². The number of hydrogen-bond donors (Lipinski definition) is 1. The first kappa shape index (κ1) is 18.9. The number of carbonyl (C=O) groups is 1. The van der Waals surface area contributed by atoms with E-state index in [1.54, 1.807) is 19.2 Å². The van der Waals surface area contributed by atoms with Gasteiger partial charge in [0.1, 0.15) is 5.75 Å². The Labute approximate surface area is 158 Å². The number of hydrogen-bond acceptors (Lipinski definition) is 4. The average molecular weight is 384 g/mol. The third kappa shape index (κ3) is 3.65. The summed E-state index contributed by atoms with van der Waals surface area (Å²) in [6, 6.07) is 17.0. The number of amides is 1. The van der Waals surface area contributed by atoms with E-state index in [4.69, 9.17) is 4.74 Å². The predicted octanol–water partition coefficient (Wildman–Crippen LogP) is 3.35. The smallest absolute Gasteiger partial charge is 0.255 e. The van der Waals surface area contributed by atoms with Gasteiger partial charge in [0.15, 0.2) is 0 Å². The zero-order chi connectivity index (χ0) is 19.6. The Kier molecular flexibility index (Phi) is 5.16. The average Bonchev–Trinajstić information content (AvgIpc) is 2.68. The molecule has 0 spiro atoms. The monoisotopic (exact) mass is 384 g/mol. The molecular formula is C20H20N2O4S. The minimum atomic E-state index is -3.53. The first-order chi connectivity index (χ1) is 12.8. The third-order valence-corrected chi connectivity index (χ3v) is 6.08. The minimum absolute atomic E-state index is 0.138. The molecule has 0 bridgehead atoms. The van der Waals surface area contributed by atoms with Crippen molar-refractivity contribution in [2.75, 3.05) is 26.5 Å². The van der Waals surface area contributed by atoms with E-state index in [1.807, 2.05) is 24.3 Å². The van der Waals surface area contributed by atoms with Gasteiger partial charge >= 0.3 is 0 Å². The largest absolute Gasteiger partial charge is 0.496 e. The van der Waals surface area contributed by atoms with Gasteiger partial charge in [0.25, 0.3) is 5.91 Å². The topological polar surface area (TPSA) is 75.7 Å². The maximum Gasteiger partial charge on any atom is 0.255 e.